The van der Waals surface area contributed by atoms with E-state index in [0.29, 0.717) is 23.9 Å². The van der Waals surface area contributed by atoms with Gasteiger partial charge in [0.1, 0.15) is 12.0 Å². The molecule has 0 saturated carbocycles. The molecule has 1 atom stereocenters. The molecule has 0 bridgehead atoms. The number of nitrogens with zero attached hydrogens (tertiary/aromatic N) is 2. The third kappa shape index (κ3) is 3.17. The van der Waals surface area contributed by atoms with Crippen LogP contribution in [0.15, 0.2) is 51.8 Å². The summed E-state index contributed by atoms with van der Waals surface area (Å²) in [4.78, 5) is 4.22. The first-order valence-corrected chi connectivity index (χ1v) is 7.02. The highest BCUT2D eigenvalue weighted by atomic mass is 16.5. The van der Waals surface area contributed by atoms with Gasteiger partial charge in [0.2, 0.25) is 5.82 Å². The molecule has 0 aliphatic carbocycles. The van der Waals surface area contributed by atoms with Gasteiger partial charge in [-0.3, -0.25) is 0 Å². The molecule has 6 nitrogen and oxygen atoms in total. The normalized spacial score (nSPS) is 12.3. The highest BCUT2D eigenvalue weighted by Crippen LogP contribution is 2.21. The molecule has 6 heteroatoms. The number of aromatic nitrogens is 2. The van der Waals surface area contributed by atoms with E-state index >= 15 is 0 Å². The van der Waals surface area contributed by atoms with E-state index in [2.05, 4.69) is 10.1 Å². The Morgan fingerprint density at radius 1 is 1.23 bits per heavy atom. The van der Waals surface area contributed by atoms with Crippen molar-refractivity contribution in [3.63, 3.8) is 0 Å². The zero-order valence-corrected chi connectivity index (χ0v) is 12.1. The average molecular weight is 300 g/mol. The molecule has 0 amide bonds. The molecule has 0 radical (unpaired) electrons. The molecule has 0 aliphatic rings. The van der Waals surface area contributed by atoms with Gasteiger partial charge in [-0.05, 0) is 30.2 Å². The van der Waals surface area contributed by atoms with Gasteiger partial charge in [0.25, 0.3) is 5.89 Å². The molecule has 1 aromatic carbocycles. The number of rotatable bonds is 6. The maximum atomic E-state index is 9.74. The van der Waals surface area contributed by atoms with E-state index in [1.54, 1.807) is 18.6 Å². The van der Waals surface area contributed by atoms with Crippen LogP contribution in [-0.4, -0.2) is 15.2 Å². The van der Waals surface area contributed by atoms with Crippen LogP contribution in [-0.2, 0) is 6.61 Å². The average Bonchev–Trinajstić information content (AvgIpc) is 3.23. The Kier molecular flexibility index (Phi) is 4.20. The molecule has 2 heterocycles. The topological polar surface area (TPSA) is 81.5 Å². The third-order valence-electron chi connectivity index (χ3n) is 3.26. The Morgan fingerprint density at radius 3 is 2.73 bits per heavy atom. The summed E-state index contributed by atoms with van der Waals surface area (Å²) in [5.74, 6) is 1.53. The molecule has 1 N–H and O–H groups in total. The number of aliphatic hydroxyl groups excluding tert-OH is 1. The van der Waals surface area contributed by atoms with Gasteiger partial charge in [0.05, 0.1) is 17.9 Å². The fourth-order valence-electron chi connectivity index (χ4n) is 1.99. The van der Waals surface area contributed by atoms with Crippen LogP contribution in [0.1, 0.15) is 30.9 Å². The van der Waals surface area contributed by atoms with Crippen LogP contribution < -0.4 is 4.74 Å². The highest BCUT2D eigenvalue weighted by molar-refractivity contribution is 5.51. The first-order chi connectivity index (χ1) is 10.8. The van der Waals surface area contributed by atoms with Crippen molar-refractivity contribution in [1.29, 1.82) is 0 Å². The van der Waals surface area contributed by atoms with E-state index < -0.39 is 6.10 Å². The second kappa shape index (κ2) is 6.44. The number of hydrogen-bond donors (Lipinski definition) is 1. The van der Waals surface area contributed by atoms with Crippen LogP contribution in [0, 0.1) is 0 Å². The third-order valence-corrected chi connectivity index (χ3v) is 3.26. The summed E-state index contributed by atoms with van der Waals surface area (Å²) in [6.45, 7) is 2.11. The summed E-state index contributed by atoms with van der Waals surface area (Å²) in [5, 5.41) is 13.6. The van der Waals surface area contributed by atoms with E-state index in [1.807, 2.05) is 31.2 Å². The lowest BCUT2D eigenvalue weighted by Crippen LogP contribution is -1.97. The van der Waals surface area contributed by atoms with Crippen molar-refractivity contribution in [3.05, 3.63) is 54.3 Å². The Morgan fingerprint density at radius 2 is 2.05 bits per heavy atom. The fraction of sp³-hybridized carbons (Fsp3) is 0.250. The highest BCUT2D eigenvalue weighted by Gasteiger charge is 2.10. The molecule has 1 unspecified atom stereocenters. The summed E-state index contributed by atoms with van der Waals surface area (Å²) in [6.07, 6.45) is 3.34. The van der Waals surface area contributed by atoms with Gasteiger partial charge in [-0.25, -0.2) is 0 Å². The molecule has 114 valence electrons. The van der Waals surface area contributed by atoms with E-state index in [1.165, 1.54) is 0 Å². The molecular weight excluding hydrogens is 284 g/mol. The second-order valence-electron chi connectivity index (χ2n) is 4.81. The minimum atomic E-state index is -0.442. The van der Waals surface area contributed by atoms with Gasteiger partial charge in [0.15, 0.2) is 6.61 Å². The lowest BCUT2D eigenvalue weighted by Gasteiger charge is -2.09. The molecular formula is C16H16N2O4. The number of ether oxygens (including phenoxy) is 1. The predicted octanol–water partition coefficient (Wildman–Crippen LogP) is 3.35. The first kappa shape index (κ1) is 14.3. The van der Waals surface area contributed by atoms with E-state index in [4.69, 9.17) is 13.7 Å². The molecule has 22 heavy (non-hydrogen) atoms. The van der Waals surface area contributed by atoms with Gasteiger partial charge in [-0.2, -0.15) is 4.98 Å². The molecule has 0 aliphatic heterocycles. The van der Waals surface area contributed by atoms with Crippen molar-refractivity contribution >= 4 is 0 Å². The minimum Gasteiger partial charge on any atom is -0.484 e. The van der Waals surface area contributed by atoms with E-state index in [0.717, 1.165) is 11.1 Å². The van der Waals surface area contributed by atoms with Gasteiger partial charge in [0, 0.05) is 0 Å². The number of hydrogen-bond acceptors (Lipinski definition) is 6. The van der Waals surface area contributed by atoms with Crippen LogP contribution >= 0.6 is 0 Å². The van der Waals surface area contributed by atoms with Crippen molar-refractivity contribution in [1.82, 2.24) is 10.1 Å². The monoisotopic (exact) mass is 300 g/mol. The summed E-state index contributed by atoms with van der Waals surface area (Å²) in [5.41, 5.74) is 1.63. The zero-order chi connectivity index (χ0) is 15.4. The number of benzene rings is 1. The molecule has 3 rings (SSSR count). The van der Waals surface area contributed by atoms with Crippen LogP contribution in [0.25, 0.3) is 11.4 Å². The quantitative estimate of drug-likeness (QED) is 0.751. The Labute approximate surface area is 127 Å². The summed E-state index contributed by atoms with van der Waals surface area (Å²) in [6, 6.07) is 9.05. The van der Waals surface area contributed by atoms with Crippen molar-refractivity contribution < 1.29 is 18.8 Å². The summed E-state index contributed by atoms with van der Waals surface area (Å²) < 4.78 is 15.7. The van der Waals surface area contributed by atoms with Gasteiger partial charge >= 0.3 is 0 Å². The second-order valence-corrected chi connectivity index (χ2v) is 4.81. The smallest absolute Gasteiger partial charge is 0.264 e. The lowest BCUT2D eigenvalue weighted by molar-refractivity contribution is 0.173. The van der Waals surface area contributed by atoms with Crippen LogP contribution in [0.5, 0.6) is 5.75 Å². The van der Waals surface area contributed by atoms with E-state index in [-0.39, 0.29) is 6.61 Å². The summed E-state index contributed by atoms with van der Waals surface area (Å²) in [7, 11) is 0. The van der Waals surface area contributed by atoms with Gasteiger partial charge in [-0.1, -0.05) is 24.2 Å². The van der Waals surface area contributed by atoms with Crippen LogP contribution in [0.4, 0.5) is 0 Å². The Balaban J connectivity index is 1.61. The van der Waals surface area contributed by atoms with Gasteiger partial charge < -0.3 is 18.8 Å². The molecule has 3 aromatic rings. The van der Waals surface area contributed by atoms with Crippen molar-refractivity contribution in [2.45, 2.75) is 26.1 Å². The number of furan rings is 1. The lowest BCUT2D eigenvalue weighted by atomic mass is 10.1. The zero-order valence-electron chi connectivity index (χ0n) is 12.1. The van der Waals surface area contributed by atoms with Crippen molar-refractivity contribution in [3.8, 4) is 17.1 Å². The van der Waals surface area contributed by atoms with Gasteiger partial charge in [-0.15, -0.1) is 0 Å². The predicted molar refractivity (Wildman–Crippen MR) is 78.0 cm³/mol. The van der Waals surface area contributed by atoms with Crippen molar-refractivity contribution in [2.75, 3.05) is 0 Å². The minimum absolute atomic E-state index is 0.181. The molecule has 0 saturated heterocycles. The van der Waals surface area contributed by atoms with Crippen LogP contribution in [0.3, 0.4) is 0 Å². The molecule has 0 spiro atoms. The first-order valence-electron chi connectivity index (χ1n) is 7.02. The van der Waals surface area contributed by atoms with Crippen molar-refractivity contribution in [2.24, 2.45) is 0 Å². The summed E-state index contributed by atoms with van der Waals surface area (Å²) >= 11 is 0. The SMILES string of the molecule is CCC(O)c1ccc(OCc2nc(-c3ccoc3)no2)cc1. The molecule has 0 fully saturated rings. The van der Waals surface area contributed by atoms with Crippen LogP contribution in [0.2, 0.25) is 0 Å². The largest absolute Gasteiger partial charge is 0.484 e. The fourth-order valence-corrected chi connectivity index (χ4v) is 1.99. The Bertz CT molecular complexity index is 704. The maximum absolute atomic E-state index is 9.74. The Hall–Kier alpha value is -2.60. The molecule has 2 aromatic heterocycles. The standard InChI is InChI=1S/C16H16N2O4/c1-2-14(19)11-3-5-13(6-4-11)21-10-15-17-16(18-22-15)12-7-8-20-9-12/h3-9,14,19H,2,10H2,1H3. The maximum Gasteiger partial charge on any atom is 0.264 e. The van der Waals surface area contributed by atoms with E-state index in [9.17, 15) is 5.11 Å². The number of aliphatic hydroxyl groups is 1.